The molecule has 19 heavy (non-hydrogen) atoms. The van der Waals surface area contributed by atoms with Gasteiger partial charge < -0.3 is 14.8 Å². The van der Waals surface area contributed by atoms with Gasteiger partial charge in [0, 0.05) is 0 Å². The van der Waals surface area contributed by atoms with E-state index < -0.39 is 5.97 Å². The van der Waals surface area contributed by atoms with E-state index in [0.29, 0.717) is 11.5 Å². The summed E-state index contributed by atoms with van der Waals surface area (Å²) >= 11 is 1.66. The number of furan rings is 1. The highest BCUT2D eigenvalue weighted by Gasteiger charge is 2.37. The molecule has 2 N–H and O–H groups in total. The fourth-order valence-corrected chi connectivity index (χ4v) is 3.39. The molecule has 1 aliphatic rings. The predicted molar refractivity (Wildman–Crippen MR) is 72.3 cm³/mol. The second kappa shape index (κ2) is 5.28. The van der Waals surface area contributed by atoms with Crippen LogP contribution in [-0.4, -0.2) is 27.5 Å². The first-order valence-corrected chi connectivity index (χ1v) is 7.16. The lowest BCUT2D eigenvalue weighted by atomic mass is 10.1. The molecule has 1 aromatic heterocycles. The van der Waals surface area contributed by atoms with E-state index in [9.17, 15) is 9.59 Å². The monoisotopic (exact) mass is 283 g/mol. The van der Waals surface area contributed by atoms with E-state index in [4.69, 9.17) is 9.52 Å². The van der Waals surface area contributed by atoms with E-state index in [1.54, 1.807) is 18.7 Å². The second-order valence-corrected chi connectivity index (χ2v) is 6.45. The Morgan fingerprint density at radius 2 is 2.32 bits per heavy atom. The number of carbonyl (C=O) groups excluding carboxylic acids is 1. The van der Waals surface area contributed by atoms with Gasteiger partial charge in [0.2, 0.25) is 5.91 Å². The summed E-state index contributed by atoms with van der Waals surface area (Å²) in [5, 5.41) is 11.7. The fraction of sp³-hybridized carbons (Fsp3) is 0.538. The Kier molecular flexibility index (Phi) is 3.89. The Bertz CT molecular complexity index is 503. The molecule has 0 spiro atoms. The average Bonchev–Trinajstić information content (AvgIpc) is 2.93. The van der Waals surface area contributed by atoms with Gasteiger partial charge in [0.1, 0.15) is 17.1 Å². The number of hydrogen-bond donors (Lipinski definition) is 2. The minimum Gasteiger partial charge on any atom is -0.478 e. The van der Waals surface area contributed by atoms with Crippen molar-refractivity contribution in [1.82, 2.24) is 5.32 Å². The molecule has 0 radical (unpaired) electrons. The van der Waals surface area contributed by atoms with E-state index in [1.165, 1.54) is 6.07 Å². The summed E-state index contributed by atoms with van der Waals surface area (Å²) in [5.74, 6) is 0.804. The molecule has 0 saturated carbocycles. The number of aryl methyl sites for hydroxylation is 1. The molecule has 0 aromatic carbocycles. The molecule has 0 bridgehead atoms. The number of nitrogens with one attached hydrogen (secondary N) is 1. The van der Waals surface area contributed by atoms with Crippen LogP contribution in [0.3, 0.4) is 0 Å². The molecule has 1 saturated heterocycles. The van der Waals surface area contributed by atoms with Crippen molar-refractivity contribution in [3.63, 3.8) is 0 Å². The van der Waals surface area contributed by atoms with Gasteiger partial charge in [0.15, 0.2) is 0 Å². The lowest BCUT2D eigenvalue weighted by Gasteiger charge is -2.20. The molecule has 2 heterocycles. The fourth-order valence-electron chi connectivity index (χ4n) is 2.16. The van der Waals surface area contributed by atoms with Crippen molar-refractivity contribution >= 4 is 23.6 Å². The third-order valence-corrected chi connectivity index (χ3v) is 4.84. The third-order valence-electron chi connectivity index (χ3n) is 3.32. The highest BCUT2D eigenvalue weighted by molar-refractivity contribution is 8.01. The Labute approximate surface area is 115 Å². The van der Waals surface area contributed by atoms with Crippen LogP contribution in [0.25, 0.3) is 0 Å². The van der Waals surface area contributed by atoms with Gasteiger partial charge in [0.25, 0.3) is 0 Å². The van der Waals surface area contributed by atoms with Crippen molar-refractivity contribution in [3.8, 4) is 0 Å². The summed E-state index contributed by atoms with van der Waals surface area (Å²) in [5.41, 5.74) is 0.144. The number of amides is 1. The van der Waals surface area contributed by atoms with Crippen molar-refractivity contribution < 1.29 is 19.1 Å². The second-order valence-electron chi connectivity index (χ2n) is 4.85. The number of hydrogen-bond acceptors (Lipinski definition) is 4. The maximum Gasteiger partial charge on any atom is 0.339 e. The molecule has 1 fully saturated rings. The van der Waals surface area contributed by atoms with Gasteiger partial charge in [-0.2, -0.15) is 0 Å². The van der Waals surface area contributed by atoms with Gasteiger partial charge in [0.05, 0.1) is 11.3 Å². The predicted octanol–water partition coefficient (Wildman–Crippen LogP) is 2.19. The maximum absolute atomic E-state index is 12.1. The standard InChI is InChI=1S/C13H17NO4S/c1-8-10(11(15)16)6-9(18-8)7-14-12(17)13(2)4-3-5-19-13/h6H,3-5,7H2,1-2H3,(H,14,17)(H,15,16). The molecule has 5 nitrogen and oxygen atoms in total. The van der Waals surface area contributed by atoms with Gasteiger partial charge in [-0.05, 0) is 38.5 Å². The van der Waals surface area contributed by atoms with Crippen LogP contribution in [0.1, 0.15) is 41.6 Å². The number of carbonyl (C=O) groups is 2. The third kappa shape index (κ3) is 2.94. The summed E-state index contributed by atoms with van der Waals surface area (Å²) in [6.45, 7) is 3.77. The molecular weight excluding hydrogens is 266 g/mol. The summed E-state index contributed by atoms with van der Waals surface area (Å²) in [7, 11) is 0. The van der Waals surface area contributed by atoms with E-state index >= 15 is 0 Å². The van der Waals surface area contributed by atoms with Gasteiger partial charge in [-0.1, -0.05) is 0 Å². The van der Waals surface area contributed by atoms with Gasteiger partial charge in [-0.3, -0.25) is 4.79 Å². The smallest absolute Gasteiger partial charge is 0.339 e. The van der Waals surface area contributed by atoms with Gasteiger partial charge >= 0.3 is 5.97 Å². The Balaban J connectivity index is 1.97. The lowest BCUT2D eigenvalue weighted by molar-refractivity contribution is -0.123. The molecule has 1 aromatic rings. The van der Waals surface area contributed by atoms with Crippen LogP contribution >= 0.6 is 11.8 Å². The van der Waals surface area contributed by atoms with E-state index in [0.717, 1.165) is 18.6 Å². The number of carboxylic acid groups (broad SMARTS) is 1. The average molecular weight is 283 g/mol. The molecule has 1 amide bonds. The number of thioether (sulfide) groups is 1. The van der Waals surface area contributed by atoms with Crippen LogP contribution in [0.4, 0.5) is 0 Å². The molecule has 104 valence electrons. The van der Waals surface area contributed by atoms with E-state index in [1.807, 2.05) is 6.92 Å². The normalized spacial score (nSPS) is 22.4. The molecule has 6 heteroatoms. The van der Waals surface area contributed by atoms with Crippen LogP contribution in [0, 0.1) is 6.92 Å². The lowest BCUT2D eigenvalue weighted by Crippen LogP contribution is -2.39. The van der Waals surface area contributed by atoms with Crippen molar-refractivity contribution in [2.24, 2.45) is 0 Å². The first-order chi connectivity index (χ1) is 8.92. The summed E-state index contributed by atoms with van der Waals surface area (Å²) in [6, 6.07) is 1.46. The highest BCUT2D eigenvalue weighted by Crippen LogP contribution is 2.37. The van der Waals surface area contributed by atoms with Crippen molar-refractivity contribution in [1.29, 1.82) is 0 Å². The molecular formula is C13H17NO4S. The van der Waals surface area contributed by atoms with E-state index in [-0.39, 0.29) is 22.8 Å². The number of aromatic carboxylic acids is 1. The van der Waals surface area contributed by atoms with Crippen molar-refractivity contribution in [2.75, 3.05) is 5.75 Å². The number of carboxylic acids is 1. The van der Waals surface area contributed by atoms with E-state index in [2.05, 4.69) is 5.32 Å². The zero-order valence-corrected chi connectivity index (χ0v) is 11.8. The largest absolute Gasteiger partial charge is 0.478 e. The SMILES string of the molecule is Cc1oc(CNC(=O)C2(C)CCCS2)cc1C(=O)O. The Morgan fingerprint density at radius 3 is 2.84 bits per heavy atom. The molecule has 1 aliphatic heterocycles. The molecule has 2 rings (SSSR count). The minimum absolute atomic E-state index is 0.0130. The maximum atomic E-state index is 12.1. The van der Waals surface area contributed by atoms with Crippen molar-refractivity contribution in [3.05, 3.63) is 23.2 Å². The quantitative estimate of drug-likeness (QED) is 0.885. The first-order valence-electron chi connectivity index (χ1n) is 6.17. The first kappa shape index (κ1) is 14.0. The van der Waals surface area contributed by atoms with Crippen LogP contribution in [0.2, 0.25) is 0 Å². The van der Waals surface area contributed by atoms with Crippen LogP contribution in [0.15, 0.2) is 10.5 Å². The summed E-state index contributed by atoms with van der Waals surface area (Å²) in [4.78, 5) is 23.0. The van der Waals surface area contributed by atoms with Gasteiger partial charge in [-0.15, -0.1) is 11.8 Å². The summed E-state index contributed by atoms with van der Waals surface area (Å²) in [6.07, 6.45) is 1.93. The molecule has 0 aliphatic carbocycles. The Morgan fingerprint density at radius 1 is 1.58 bits per heavy atom. The molecule has 1 atom stereocenters. The highest BCUT2D eigenvalue weighted by atomic mass is 32.2. The van der Waals surface area contributed by atoms with Crippen LogP contribution < -0.4 is 5.32 Å². The molecule has 1 unspecified atom stereocenters. The Hall–Kier alpha value is -1.43. The van der Waals surface area contributed by atoms with Gasteiger partial charge in [-0.25, -0.2) is 4.79 Å². The summed E-state index contributed by atoms with van der Waals surface area (Å²) < 4.78 is 4.96. The number of rotatable bonds is 4. The zero-order valence-electron chi connectivity index (χ0n) is 11.0. The van der Waals surface area contributed by atoms with Crippen LogP contribution in [-0.2, 0) is 11.3 Å². The minimum atomic E-state index is -1.02. The topological polar surface area (TPSA) is 79.5 Å². The van der Waals surface area contributed by atoms with Crippen molar-refractivity contribution in [2.45, 2.75) is 38.0 Å². The van der Waals surface area contributed by atoms with Crippen LogP contribution in [0.5, 0.6) is 0 Å². The zero-order chi connectivity index (χ0) is 14.0.